The lowest BCUT2D eigenvalue weighted by atomic mass is 9.80. The van der Waals surface area contributed by atoms with Gasteiger partial charge in [-0.2, -0.15) is 8.78 Å². The number of nitrogens with one attached hydrogen (secondary N) is 1. The molecule has 10 nitrogen and oxygen atoms in total. The van der Waals surface area contributed by atoms with Crippen LogP contribution in [0.3, 0.4) is 0 Å². The normalized spacial score (nSPS) is 29.9. The van der Waals surface area contributed by atoms with Crippen LogP contribution in [-0.4, -0.2) is 81.7 Å². The third-order valence-corrected chi connectivity index (χ3v) is 12.5. The Morgan fingerprint density at radius 3 is 2.43 bits per heavy atom. The van der Waals surface area contributed by atoms with Crippen LogP contribution in [0, 0.1) is 23.7 Å². The van der Waals surface area contributed by atoms with Crippen molar-refractivity contribution in [3.8, 4) is 0 Å². The van der Waals surface area contributed by atoms with Crippen LogP contribution in [0.25, 0.3) is 10.1 Å². The molecule has 3 amide bonds. The topological polar surface area (TPSA) is 136 Å². The van der Waals surface area contributed by atoms with Crippen molar-refractivity contribution in [3.05, 3.63) is 34.7 Å². The van der Waals surface area contributed by atoms with E-state index < -0.39 is 36.8 Å². The molecule has 4 aliphatic heterocycles. The highest BCUT2D eigenvalue weighted by atomic mass is 32.1. The highest BCUT2D eigenvalue weighted by molar-refractivity contribution is 7.52. The SMILES string of the molecule is O=C(N[C@H]1C[C@@H]2CC2C[C@H]2CC[C@@H](C(=O)N3CC(C4CCOCC4)C3)N2C1=O)c1cc2cc(C(F)(F)P(=O)(O)O)ccc2s1. The van der Waals surface area contributed by atoms with Gasteiger partial charge in [-0.3, -0.25) is 18.9 Å². The Kier molecular flexibility index (Phi) is 7.64. The molecule has 5 fully saturated rings. The Bertz CT molecular complexity index is 1540. The number of halogens is 2. The summed E-state index contributed by atoms with van der Waals surface area (Å²) < 4.78 is 45.9. The molecule has 238 valence electrons. The van der Waals surface area contributed by atoms with Crippen LogP contribution in [-0.2, 0) is 24.6 Å². The number of rotatable bonds is 6. The maximum Gasteiger partial charge on any atom is 0.399 e. The first-order valence-electron chi connectivity index (χ1n) is 15.4. The number of ether oxygens (including phenoxy) is 1. The molecular formula is C30H36F2N3O7PS. The Hall–Kier alpha value is -2.44. The van der Waals surface area contributed by atoms with E-state index in [-0.39, 0.29) is 28.1 Å². The van der Waals surface area contributed by atoms with Gasteiger partial charge in [0.25, 0.3) is 5.91 Å². The number of benzene rings is 1. The highest BCUT2D eigenvalue weighted by Crippen LogP contribution is 2.59. The molecule has 44 heavy (non-hydrogen) atoms. The summed E-state index contributed by atoms with van der Waals surface area (Å²) in [5, 5.41) is 3.14. The fourth-order valence-corrected chi connectivity index (χ4v) is 9.18. The van der Waals surface area contributed by atoms with Gasteiger partial charge < -0.3 is 29.6 Å². The second-order valence-electron chi connectivity index (χ2n) is 13.1. The second-order valence-corrected chi connectivity index (χ2v) is 15.9. The number of fused-ring (bicyclic) bond motifs is 3. The van der Waals surface area contributed by atoms with E-state index in [4.69, 9.17) is 14.5 Å². The van der Waals surface area contributed by atoms with Crippen LogP contribution in [0.5, 0.6) is 0 Å². The first-order valence-corrected chi connectivity index (χ1v) is 17.8. The van der Waals surface area contributed by atoms with Gasteiger partial charge in [0.2, 0.25) is 11.8 Å². The van der Waals surface area contributed by atoms with Crippen molar-refractivity contribution in [3.63, 3.8) is 0 Å². The minimum atomic E-state index is -5.74. The van der Waals surface area contributed by atoms with Crippen LogP contribution >= 0.6 is 18.9 Å². The van der Waals surface area contributed by atoms with E-state index >= 15 is 0 Å². The van der Waals surface area contributed by atoms with Crippen LogP contribution < -0.4 is 5.32 Å². The lowest BCUT2D eigenvalue weighted by Gasteiger charge is -2.46. The molecule has 7 rings (SSSR count). The van der Waals surface area contributed by atoms with E-state index in [2.05, 4.69) is 5.32 Å². The van der Waals surface area contributed by atoms with E-state index in [1.807, 2.05) is 4.90 Å². The van der Waals surface area contributed by atoms with Gasteiger partial charge in [-0.1, -0.05) is 6.07 Å². The zero-order valence-electron chi connectivity index (χ0n) is 24.1. The van der Waals surface area contributed by atoms with Gasteiger partial charge in [0.15, 0.2) is 0 Å². The van der Waals surface area contributed by atoms with Crippen molar-refractivity contribution in [2.45, 2.75) is 68.7 Å². The van der Waals surface area contributed by atoms with E-state index in [1.165, 1.54) is 12.1 Å². The summed E-state index contributed by atoms with van der Waals surface area (Å²) >= 11 is 1.05. The zero-order chi connectivity index (χ0) is 31.0. The standard InChI is InChI=1S/C30H36F2N3O7PS/c31-30(32,43(39,40)41)21-1-4-25-19(10-21)13-26(44-25)27(36)33-23-12-18-9-17(18)11-22-2-3-24(35(22)28(23)37)29(38)34-14-20(15-34)16-5-7-42-8-6-16/h1,4,10,13,16-18,20,22-24H,2-3,5-9,11-12,14-15H2,(H,33,36)(H2,39,40,41)/t17?,18-,22+,23-,24-/m0/s1. The van der Waals surface area contributed by atoms with Crippen LogP contribution in [0.1, 0.15) is 60.2 Å². The molecule has 0 radical (unpaired) electrons. The first-order chi connectivity index (χ1) is 20.9. The molecule has 1 aromatic heterocycles. The van der Waals surface area contributed by atoms with Crippen LogP contribution in [0.2, 0.25) is 0 Å². The average molecular weight is 652 g/mol. The van der Waals surface area contributed by atoms with Crippen molar-refractivity contribution in [1.82, 2.24) is 15.1 Å². The number of alkyl halides is 2. The number of nitrogens with zero attached hydrogens (tertiary/aromatic N) is 2. The minimum absolute atomic E-state index is 0.00502. The summed E-state index contributed by atoms with van der Waals surface area (Å²) in [7, 11) is -5.74. The Labute approximate surface area is 257 Å². The Balaban J connectivity index is 1.06. The second kappa shape index (κ2) is 11.1. The van der Waals surface area contributed by atoms with Gasteiger partial charge in [0.1, 0.15) is 12.1 Å². The van der Waals surface area contributed by atoms with Gasteiger partial charge in [-0.05, 0) is 92.2 Å². The number of likely N-dealkylation sites (tertiary alicyclic amines) is 1. The average Bonchev–Trinajstić information content (AvgIpc) is 3.33. The summed E-state index contributed by atoms with van der Waals surface area (Å²) in [5.41, 5.74) is -5.20. The number of thiophene rings is 1. The van der Waals surface area contributed by atoms with E-state index in [9.17, 15) is 27.7 Å². The van der Waals surface area contributed by atoms with Gasteiger partial charge >= 0.3 is 13.3 Å². The van der Waals surface area contributed by atoms with Crippen LogP contribution in [0.4, 0.5) is 8.78 Å². The molecule has 5 atom stereocenters. The Morgan fingerprint density at radius 2 is 1.70 bits per heavy atom. The summed E-state index contributed by atoms with van der Waals surface area (Å²) in [5.74, 6) is 1.07. The predicted octanol–water partition coefficient (Wildman–Crippen LogP) is 3.90. The molecule has 0 bridgehead atoms. The minimum Gasteiger partial charge on any atom is -0.381 e. The lowest BCUT2D eigenvalue weighted by Crippen LogP contribution is -2.61. The van der Waals surface area contributed by atoms with Gasteiger partial charge in [0, 0.05) is 42.6 Å². The number of hydrogen-bond donors (Lipinski definition) is 3. The first kappa shape index (κ1) is 30.2. The molecule has 1 saturated carbocycles. The van der Waals surface area contributed by atoms with Crippen molar-refractivity contribution in [2.75, 3.05) is 26.3 Å². The number of carbonyl (C=O) groups excluding carboxylic acids is 3. The molecule has 3 N–H and O–H groups in total. The van der Waals surface area contributed by atoms with Gasteiger partial charge in [-0.15, -0.1) is 11.3 Å². The van der Waals surface area contributed by atoms with Crippen molar-refractivity contribution in [2.24, 2.45) is 23.7 Å². The molecular weight excluding hydrogens is 615 g/mol. The fourth-order valence-electron chi connectivity index (χ4n) is 7.76. The third kappa shape index (κ3) is 5.38. The molecule has 5 aliphatic rings. The number of hydrogen-bond acceptors (Lipinski definition) is 6. The predicted molar refractivity (Wildman–Crippen MR) is 157 cm³/mol. The lowest BCUT2D eigenvalue weighted by molar-refractivity contribution is -0.152. The number of carbonyl (C=O) groups is 3. The summed E-state index contributed by atoms with van der Waals surface area (Å²) in [4.78, 5) is 63.2. The highest BCUT2D eigenvalue weighted by Gasteiger charge is 2.53. The molecule has 2 aromatic rings. The van der Waals surface area contributed by atoms with Crippen molar-refractivity contribution in [1.29, 1.82) is 0 Å². The molecule has 1 unspecified atom stereocenters. The monoisotopic (exact) mass is 651 g/mol. The van der Waals surface area contributed by atoms with Crippen molar-refractivity contribution >= 4 is 46.7 Å². The summed E-state index contributed by atoms with van der Waals surface area (Å²) in [6, 6.07) is 3.25. The summed E-state index contributed by atoms with van der Waals surface area (Å²) in [6.07, 6.45) is 5.77. The zero-order valence-corrected chi connectivity index (χ0v) is 25.8. The van der Waals surface area contributed by atoms with E-state index in [1.54, 1.807) is 4.90 Å². The summed E-state index contributed by atoms with van der Waals surface area (Å²) in [6.45, 7) is 2.97. The molecule has 0 spiro atoms. The maximum absolute atomic E-state index is 14.3. The smallest absolute Gasteiger partial charge is 0.381 e. The van der Waals surface area contributed by atoms with Gasteiger partial charge in [0.05, 0.1) is 4.88 Å². The largest absolute Gasteiger partial charge is 0.399 e. The van der Waals surface area contributed by atoms with Crippen LogP contribution in [0.15, 0.2) is 24.3 Å². The van der Waals surface area contributed by atoms with Crippen molar-refractivity contribution < 1.29 is 42.3 Å². The third-order valence-electron chi connectivity index (χ3n) is 10.4. The Morgan fingerprint density at radius 1 is 0.977 bits per heavy atom. The number of amides is 3. The van der Waals surface area contributed by atoms with E-state index in [0.29, 0.717) is 54.3 Å². The quantitative estimate of drug-likeness (QED) is 0.403. The molecule has 1 aliphatic carbocycles. The fraction of sp³-hybridized carbons (Fsp3) is 0.633. The maximum atomic E-state index is 14.3. The molecule has 14 heteroatoms. The molecule has 5 heterocycles. The molecule has 4 saturated heterocycles. The van der Waals surface area contributed by atoms with Gasteiger partial charge in [-0.25, -0.2) is 0 Å². The van der Waals surface area contributed by atoms with E-state index in [0.717, 1.165) is 68.8 Å². The molecule has 1 aromatic carbocycles.